The van der Waals surface area contributed by atoms with Gasteiger partial charge >= 0.3 is 0 Å². The molecule has 5 aromatic rings. The molecular weight excluding hydrogens is 455 g/mol. The van der Waals surface area contributed by atoms with E-state index in [9.17, 15) is 9.18 Å². The van der Waals surface area contributed by atoms with E-state index < -0.39 is 5.82 Å². The van der Waals surface area contributed by atoms with Gasteiger partial charge in [-0.2, -0.15) is 9.78 Å². The molecule has 0 spiro atoms. The Morgan fingerprint density at radius 3 is 2.65 bits per heavy atom. The Morgan fingerprint density at radius 1 is 1.15 bits per heavy atom. The van der Waals surface area contributed by atoms with Crippen molar-refractivity contribution in [3.05, 3.63) is 64.7 Å². The number of hydrogen-bond acceptors (Lipinski definition) is 7. The number of pyridine rings is 1. The number of fused-ring (bicyclic) bond motifs is 1. The van der Waals surface area contributed by atoms with Crippen LogP contribution in [0.1, 0.15) is 40.9 Å². The van der Waals surface area contributed by atoms with Gasteiger partial charge in [0, 0.05) is 16.6 Å². The number of benzene rings is 1. The monoisotopic (exact) mass is 476 g/mol. The molecule has 0 radical (unpaired) electrons. The molecule has 11 heteroatoms. The molecule has 4 aromatic heterocycles. The van der Waals surface area contributed by atoms with Crippen molar-refractivity contribution in [1.29, 1.82) is 0 Å². The zero-order chi connectivity index (χ0) is 24.0. The number of thiophene rings is 1. The lowest BCUT2D eigenvalue weighted by molar-refractivity contribution is 0.102. The Bertz CT molecular complexity index is 1530. The maximum absolute atomic E-state index is 14.5. The van der Waals surface area contributed by atoms with Gasteiger partial charge < -0.3 is 5.32 Å². The third kappa shape index (κ3) is 3.83. The van der Waals surface area contributed by atoms with Gasteiger partial charge in [-0.1, -0.05) is 0 Å². The van der Waals surface area contributed by atoms with Crippen molar-refractivity contribution in [1.82, 2.24) is 35.0 Å². The number of rotatable bonds is 5. The Balaban J connectivity index is 1.58. The van der Waals surface area contributed by atoms with Crippen LogP contribution in [0.4, 0.5) is 10.1 Å². The van der Waals surface area contributed by atoms with Crippen molar-refractivity contribution in [3.8, 4) is 16.3 Å². The van der Waals surface area contributed by atoms with Gasteiger partial charge in [-0.05, 0) is 74.5 Å². The smallest absolute Gasteiger partial charge is 0.256 e. The summed E-state index contributed by atoms with van der Waals surface area (Å²) in [5, 5.41) is 19.1. The predicted octanol–water partition coefficient (Wildman–Crippen LogP) is 4.72. The van der Waals surface area contributed by atoms with Crippen LogP contribution in [-0.2, 0) is 0 Å². The van der Waals surface area contributed by atoms with Gasteiger partial charge in [0.25, 0.3) is 5.91 Å². The third-order valence-electron chi connectivity index (χ3n) is 5.35. The summed E-state index contributed by atoms with van der Waals surface area (Å²) in [4.78, 5) is 20.4. The summed E-state index contributed by atoms with van der Waals surface area (Å²) >= 11 is 1.61. The predicted molar refractivity (Wildman–Crippen MR) is 128 cm³/mol. The van der Waals surface area contributed by atoms with E-state index in [1.54, 1.807) is 35.2 Å². The van der Waals surface area contributed by atoms with Gasteiger partial charge in [-0.15, -0.1) is 16.4 Å². The second-order valence-corrected chi connectivity index (χ2v) is 9.43. The molecule has 0 saturated heterocycles. The molecule has 0 aliphatic heterocycles. The minimum Gasteiger partial charge on any atom is -0.322 e. The van der Waals surface area contributed by atoms with E-state index in [1.807, 2.05) is 32.9 Å². The molecule has 1 N–H and O–H groups in total. The largest absolute Gasteiger partial charge is 0.322 e. The summed E-state index contributed by atoms with van der Waals surface area (Å²) < 4.78 is 17.5. The first-order valence-corrected chi connectivity index (χ1v) is 11.4. The number of halogens is 1. The molecule has 1 aromatic carbocycles. The summed E-state index contributed by atoms with van der Waals surface area (Å²) in [5.41, 5.74) is 2.31. The lowest BCUT2D eigenvalue weighted by atomic mass is 10.1. The van der Waals surface area contributed by atoms with Gasteiger partial charge in [0.15, 0.2) is 11.5 Å². The topological polar surface area (TPSA) is 103 Å². The SMILES string of the molecule is Cc1ccc(-c2cc(C(=O)Nc3ccc(F)c(-n4nnnc4C)c3)c3cnn(C(C)C)c3n2)s1. The van der Waals surface area contributed by atoms with Crippen molar-refractivity contribution in [2.45, 2.75) is 33.7 Å². The second kappa shape index (κ2) is 8.41. The molecule has 0 atom stereocenters. The fraction of sp³-hybridized carbons (Fsp3) is 0.217. The highest BCUT2D eigenvalue weighted by Gasteiger charge is 2.20. The highest BCUT2D eigenvalue weighted by atomic mass is 32.1. The standard InChI is InChI=1S/C23H21FN8OS/c1-12(2)31-22-17(11-25-31)16(10-19(27-22)21-8-5-13(3)34-21)23(33)26-15-6-7-18(24)20(9-15)32-14(4)28-29-30-32/h5-12H,1-4H3,(H,26,33). The Kier molecular flexibility index (Phi) is 5.40. The van der Waals surface area contributed by atoms with Crippen molar-refractivity contribution >= 4 is 34.0 Å². The molecule has 0 saturated carbocycles. The number of tetrazole rings is 1. The number of carbonyl (C=O) groups is 1. The van der Waals surface area contributed by atoms with Crippen molar-refractivity contribution in [3.63, 3.8) is 0 Å². The van der Waals surface area contributed by atoms with Crippen molar-refractivity contribution in [2.24, 2.45) is 0 Å². The van der Waals surface area contributed by atoms with E-state index in [2.05, 4.69) is 25.9 Å². The van der Waals surface area contributed by atoms with Gasteiger partial charge in [0.1, 0.15) is 11.5 Å². The van der Waals surface area contributed by atoms with Crippen LogP contribution in [0.15, 0.2) is 42.6 Å². The van der Waals surface area contributed by atoms with E-state index in [4.69, 9.17) is 4.98 Å². The van der Waals surface area contributed by atoms with Gasteiger partial charge in [-0.25, -0.2) is 14.1 Å². The second-order valence-electron chi connectivity index (χ2n) is 8.14. The third-order valence-corrected chi connectivity index (χ3v) is 6.37. The first-order valence-electron chi connectivity index (χ1n) is 10.6. The first-order chi connectivity index (χ1) is 16.3. The minimum absolute atomic E-state index is 0.0698. The summed E-state index contributed by atoms with van der Waals surface area (Å²) in [6.45, 7) is 7.71. The van der Waals surface area contributed by atoms with Crippen LogP contribution < -0.4 is 5.32 Å². The molecule has 0 aliphatic rings. The fourth-order valence-electron chi connectivity index (χ4n) is 3.69. The molecule has 1 amide bonds. The minimum atomic E-state index is -0.506. The highest BCUT2D eigenvalue weighted by molar-refractivity contribution is 7.15. The zero-order valence-corrected chi connectivity index (χ0v) is 19.8. The summed E-state index contributed by atoms with van der Waals surface area (Å²) in [6.07, 6.45) is 1.65. The average Bonchev–Trinajstić information content (AvgIpc) is 3.53. The van der Waals surface area contributed by atoms with Crippen molar-refractivity contribution < 1.29 is 9.18 Å². The molecule has 172 valence electrons. The lowest BCUT2D eigenvalue weighted by Crippen LogP contribution is -2.14. The zero-order valence-electron chi connectivity index (χ0n) is 18.9. The number of aryl methyl sites for hydroxylation is 2. The van der Waals surface area contributed by atoms with E-state index in [1.165, 1.54) is 22.9 Å². The van der Waals surface area contributed by atoms with Gasteiger partial charge in [-0.3, -0.25) is 4.79 Å². The molecule has 4 heterocycles. The molecule has 0 bridgehead atoms. The van der Waals surface area contributed by atoms with E-state index >= 15 is 0 Å². The molecule has 0 fully saturated rings. The van der Waals surface area contributed by atoms with Crippen LogP contribution in [0.25, 0.3) is 27.3 Å². The molecule has 5 rings (SSSR count). The quantitative estimate of drug-likeness (QED) is 0.394. The van der Waals surface area contributed by atoms with Crippen LogP contribution in [0, 0.1) is 19.7 Å². The summed E-state index contributed by atoms with van der Waals surface area (Å²) in [7, 11) is 0. The number of nitrogens with one attached hydrogen (secondary N) is 1. The van der Waals surface area contributed by atoms with E-state index in [-0.39, 0.29) is 17.6 Å². The van der Waals surface area contributed by atoms with Gasteiger partial charge in [0.2, 0.25) is 0 Å². The van der Waals surface area contributed by atoms with Gasteiger partial charge in [0.05, 0.1) is 27.7 Å². The molecule has 0 unspecified atom stereocenters. The Labute approximate surface area is 198 Å². The number of anilines is 1. The maximum atomic E-state index is 14.5. The number of amides is 1. The molecular formula is C23H21FN8OS. The normalized spacial score (nSPS) is 11.5. The summed E-state index contributed by atoms with van der Waals surface area (Å²) in [6, 6.07) is 10.1. The van der Waals surface area contributed by atoms with E-state index in [0.717, 1.165) is 9.75 Å². The number of aromatic nitrogens is 7. The number of hydrogen-bond donors (Lipinski definition) is 1. The number of nitrogens with zero attached hydrogens (tertiary/aromatic N) is 7. The molecule has 9 nitrogen and oxygen atoms in total. The van der Waals surface area contributed by atoms with Crippen LogP contribution in [0.5, 0.6) is 0 Å². The number of carbonyl (C=O) groups excluding carboxylic acids is 1. The fourth-order valence-corrected chi connectivity index (χ4v) is 4.52. The van der Waals surface area contributed by atoms with E-state index in [0.29, 0.717) is 33.8 Å². The first kappa shape index (κ1) is 21.8. The molecule has 34 heavy (non-hydrogen) atoms. The highest BCUT2D eigenvalue weighted by Crippen LogP contribution is 2.31. The lowest BCUT2D eigenvalue weighted by Gasteiger charge is -2.11. The van der Waals surface area contributed by atoms with Crippen LogP contribution >= 0.6 is 11.3 Å². The maximum Gasteiger partial charge on any atom is 0.256 e. The van der Waals surface area contributed by atoms with Crippen LogP contribution in [0.2, 0.25) is 0 Å². The van der Waals surface area contributed by atoms with Crippen LogP contribution in [0.3, 0.4) is 0 Å². The summed E-state index contributed by atoms with van der Waals surface area (Å²) in [5.74, 6) is -0.431. The Hall–Kier alpha value is -3.99. The average molecular weight is 477 g/mol. The Morgan fingerprint density at radius 2 is 1.97 bits per heavy atom. The van der Waals surface area contributed by atoms with Crippen molar-refractivity contribution in [2.75, 3.05) is 5.32 Å². The van der Waals surface area contributed by atoms with Crippen LogP contribution in [-0.4, -0.2) is 40.9 Å². The molecule has 0 aliphatic carbocycles.